The lowest BCUT2D eigenvalue weighted by Gasteiger charge is -2.39. The van der Waals surface area contributed by atoms with Gasteiger partial charge in [0.2, 0.25) is 12.0 Å². The molecule has 4 fully saturated rings. The third kappa shape index (κ3) is 5.44. The number of carbonyl (C=O) groups excluding carboxylic acids is 2. The highest BCUT2D eigenvalue weighted by Crippen LogP contribution is 2.67. The summed E-state index contributed by atoms with van der Waals surface area (Å²) in [6, 6.07) is 7.59. The van der Waals surface area contributed by atoms with Crippen LogP contribution in [0.1, 0.15) is 75.8 Å². The first-order valence-electron chi connectivity index (χ1n) is 14.3. The Labute approximate surface area is 228 Å². The summed E-state index contributed by atoms with van der Waals surface area (Å²) < 4.78 is 31.9. The van der Waals surface area contributed by atoms with Gasteiger partial charge in [0.1, 0.15) is 5.54 Å². The second-order valence-corrected chi connectivity index (χ2v) is 12.3. The summed E-state index contributed by atoms with van der Waals surface area (Å²) in [7, 11) is 0. The molecule has 1 aromatic carbocycles. The van der Waals surface area contributed by atoms with Crippen LogP contribution in [0.4, 0.5) is 4.39 Å². The Morgan fingerprint density at radius 1 is 1.08 bits per heavy atom. The molecule has 2 bridgehead atoms. The molecule has 4 aliphatic carbocycles. The van der Waals surface area contributed by atoms with Gasteiger partial charge < -0.3 is 25.1 Å². The number of rotatable bonds is 10. The predicted molar refractivity (Wildman–Crippen MR) is 139 cm³/mol. The van der Waals surface area contributed by atoms with E-state index in [-0.39, 0.29) is 19.4 Å². The molecular formula is C30H40FNO7. The van der Waals surface area contributed by atoms with Gasteiger partial charge in [0.05, 0.1) is 12.7 Å². The smallest absolute Gasteiger partial charge is 0.342 e. The van der Waals surface area contributed by atoms with Crippen LogP contribution in [0.2, 0.25) is 0 Å². The second kappa shape index (κ2) is 10.8. The molecule has 2 unspecified atom stereocenters. The SMILES string of the molecule is Cc1ccc(CO[C@@H]2C[C@@H]3[C@H]([C@]2(N)C(=O)O[C@@H](C)OC(=O)CCC2CC4CCCC(C4)C2)[C@@]3(F)C(=O)O)cc1. The molecule has 8 atom stereocenters. The van der Waals surface area contributed by atoms with Gasteiger partial charge >= 0.3 is 17.9 Å². The zero-order valence-electron chi connectivity index (χ0n) is 22.8. The largest absolute Gasteiger partial charge is 0.479 e. The van der Waals surface area contributed by atoms with Crippen molar-refractivity contribution in [2.75, 3.05) is 0 Å². The average molecular weight is 546 g/mol. The number of aryl methyl sites for hydroxylation is 1. The molecule has 0 spiro atoms. The molecule has 3 N–H and O–H groups in total. The lowest BCUT2D eigenvalue weighted by molar-refractivity contribution is -0.193. The molecular weight excluding hydrogens is 505 g/mol. The van der Waals surface area contributed by atoms with E-state index < -0.39 is 53.3 Å². The molecule has 1 aromatic rings. The highest BCUT2D eigenvalue weighted by Gasteiger charge is 2.85. The minimum Gasteiger partial charge on any atom is -0.479 e. The number of carbonyl (C=O) groups is 3. The first-order chi connectivity index (χ1) is 18.5. The highest BCUT2D eigenvalue weighted by molar-refractivity contribution is 5.91. The summed E-state index contributed by atoms with van der Waals surface area (Å²) in [5, 5.41) is 9.48. The molecule has 0 aliphatic heterocycles. The third-order valence-electron chi connectivity index (χ3n) is 9.61. The number of carboxylic acid groups (broad SMARTS) is 1. The molecule has 0 radical (unpaired) electrons. The monoisotopic (exact) mass is 545 g/mol. The molecule has 9 heteroatoms. The van der Waals surface area contributed by atoms with Crippen molar-refractivity contribution in [2.45, 2.75) is 102 Å². The maximum absolute atomic E-state index is 15.3. The Balaban J connectivity index is 1.17. The second-order valence-electron chi connectivity index (χ2n) is 12.3. The zero-order valence-corrected chi connectivity index (χ0v) is 22.8. The Hall–Kier alpha value is -2.52. The number of halogens is 1. The predicted octanol–water partition coefficient (Wildman–Crippen LogP) is 4.45. The number of benzene rings is 1. The van der Waals surface area contributed by atoms with Crippen molar-refractivity contribution in [3.8, 4) is 0 Å². The summed E-state index contributed by atoms with van der Waals surface area (Å²) in [6.45, 7) is 3.49. The van der Waals surface area contributed by atoms with Gasteiger partial charge in [-0.3, -0.25) is 4.79 Å². The molecule has 0 heterocycles. The van der Waals surface area contributed by atoms with Crippen LogP contribution in [-0.4, -0.2) is 46.6 Å². The van der Waals surface area contributed by atoms with E-state index >= 15 is 4.39 Å². The van der Waals surface area contributed by atoms with E-state index in [2.05, 4.69) is 0 Å². The molecule has 4 aliphatic rings. The van der Waals surface area contributed by atoms with Crippen LogP contribution < -0.4 is 5.73 Å². The molecule has 0 amide bonds. The van der Waals surface area contributed by atoms with Crippen LogP contribution in [-0.2, 0) is 35.2 Å². The lowest BCUT2D eigenvalue weighted by Crippen LogP contribution is -2.61. The fourth-order valence-electron chi connectivity index (χ4n) is 7.62. The van der Waals surface area contributed by atoms with Gasteiger partial charge in [-0.1, -0.05) is 49.1 Å². The van der Waals surface area contributed by atoms with Gasteiger partial charge in [-0.05, 0) is 62.3 Å². The van der Waals surface area contributed by atoms with Crippen molar-refractivity contribution >= 4 is 17.9 Å². The van der Waals surface area contributed by atoms with E-state index in [0.717, 1.165) is 42.2 Å². The van der Waals surface area contributed by atoms with E-state index in [4.69, 9.17) is 19.9 Å². The van der Waals surface area contributed by atoms with Crippen LogP contribution in [0, 0.1) is 36.5 Å². The normalized spacial score (nSPS) is 37.4. The van der Waals surface area contributed by atoms with Crippen LogP contribution in [0.5, 0.6) is 0 Å². The number of nitrogens with two attached hydrogens (primary N) is 1. The summed E-state index contributed by atoms with van der Waals surface area (Å²) >= 11 is 0. The van der Waals surface area contributed by atoms with Crippen molar-refractivity contribution in [1.82, 2.24) is 0 Å². The maximum Gasteiger partial charge on any atom is 0.342 e. The average Bonchev–Trinajstić information content (AvgIpc) is 3.37. The topological polar surface area (TPSA) is 125 Å². The van der Waals surface area contributed by atoms with Crippen molar-refractivity contribution in [2.24, 2.45) is 35.3 Å². The minimum atomic E-state index is -2.62. The lowest BCUT2D eigenvalue weighted by atomic mass is 9.67. The van der Waals surface area contributed by atoms with Crippen LogP contribution in [0.3, 0.4) is 0 Å². The summed E-state index contributed by atoms with van der Waals surface area (Å²) in [6.07, 6.45) is 6.27. The van der Waals surface area contributed by atoms with E-state index in [1.165, 1.54) is 32.6 Å². The van der Waals surface area contributed by atoms with Crippen LogP contribution >= 0.6 is 0 Å². The molecule has 0 aromatic heterocycles. The minimum absolute atomic E-state index is 0.0253. The Bertz CT molecular complexity index is 1080. The van der Waals surface area contributed by atoms with Crippen molar-refractivity contribution in [3.05, 3.63) is 35.4 Å². The first kappa shape index (κ1) is 28.0. The number of hydrogen-bond donors (Lipinski definition) is 2. The quantitative estimate of drug-likeness (QED) is 0.326. The van der Waals surface area contributed by atoms with E-state index in [1.807, 2.05) is 31.2 Å². The highest BCUT2D eigenvalue weighted by atomic mass is 19.1. The molecule has 5 rings (SSSR count). The number of hydrogen-bond acceptors (Lipinski definition) is 7. The van der Waals surface area contributed by atoms with Crippen LogP contribution in [0.25, 0.3) is 0 Å². The standard InChI is InChI=1S/C30H40FNO7/c1-17-6-8-19(9-7-17)16-37-24-15-23-26(29(23,31)27(34)35)30(24,32)28(36)39-18(2)38-25(33)11-10-22-13-20-4-3-5-21(12-20)14-22/h6-9,18,20-24,26H,3-5,10-16,32H2,1-2H3,(H,34,35)/t18-,20?,21?,22?,23+,24+,26-,29+,30-/m0/s1. The van der Waals surface area contributed by atoms with Gasteiger partial charge in [0.25, 0.3) is 0 Å². The van der Waals surface area contributed by atoms with E-state index in [9.17, 15) is 19.5 Å². The van der Waals surface area contributed by atoms with Crippen molar-refractivity contribution in [1.29, 1.82) is 0 Å². The van der Waals surface area contributed by atoms with Gasteiger partial charge in [-0.2, -0.15) is 0 Å². The first-order valence-corrected chi connectivity index (χ1v) is 14.3. The number of carboxylic acids is 1. The van der Waals surface area contributed by atoms with E-state index in [0.29, 0.717) is 5.92 Å². The van der Waals surface area contributed by atoms with Crippen LogP contribution in [0.15, 0.2) is 24.3 Å². The zero-order chi connectivity index (χ0) is 27.9. The van der Waals surface area contributed by atoms with Gasteiger partial charge in [-0.15, -0.1) is 0 Å². The summed E-state index contributed by atoms with van der Waals surface area (Å²) in [4.78, 5) is 37.5. The number of ether oxygens (including phenoxy) is 3. The Morgan fingerprint density at radius 3 is 2.38 bits per heavy atom. The molecule has 8 nitrogen and oxygen atoms in total. The summed E-state index contributed by atoms with van der Waals surface area (Å²) in [5.74, 6) is -3.33. The molecule has 39 heavy (non-hydrogen) atoms. The third-order valence-corrected chi connectivity index (χ3v) is 9.61. The molecule has 0 saturated heterocycles. The number of fused-ring (bicyclic) bond motifs is 3. The molecule has 214 valence electrons. The Morgan fingerprint density at radius 2 is 1.74 bits per heavy atom. The fraction of sp³-hybridized carbons (Fsp3) is 0.700. The fourth-order valence-corrected chi connectivity index (χ4v) is 7.62. The number of aliphatic carboxylic acids is 1. The molecule has 4 saturated carbocycles. The van der Waals surface area contributed by atoms with E-state index in [1.54, 1.807) is 0 Å². The maximum atomic E-state index is 15.3. The number of alkyl halides is 1. The van der Waals surface area contributed by atoms with Gasteiger partial charge in [0, 0.05) is 25.2 Å². The Kier molecular flexibility index (Phi) is 7.76. The summed E-state index contributed by atoms with van der Waals surface area (Å²) in [5.41, 5.74) is 3.74. The number of esters is 2. The van der Waals surface area contributed by atoms with Crippen molar-refractivity contribution in [3.63, 3.8) is 0 Å². The van der Waals surface area contributed by atoms with Crippen molar-refractivity contribution < 1.29 is 38.1 Å². The van der Waals surface area contributed by atoms with Gasteiger partial charge in [0.15, 0.2) is 0 Å². The van der Waals surface area contributed by atoms with Gasteiger partial charge in [-0.25, -0.2) is 14.0 Å².